The van der Waals surface area contributed by atoms with Gasteiger partial charge in [0, 0.05) is 24.4 Å². The Morgan fingerprint density at radius 2 is 1.96 bits per heavy atom. The summed E-state index contributed by atoms with van der Waals surface area (Å²) in [5, 5.41) is 2.77. The molecule has 0 aliphatic carbocycles. The van der Waals surface area contributed by atoms with Crippen LogP contribution in [0.5, 0.6) is 0 Å². The third kappa shape index (κ3) is 3.82. The summed E-state index contributed by atoms with van der Waals surface area (Å²) in [7, 11) is 1.33. The van der Waals surface area contributed by atoms with Crippen molar-refractivity contribution in [1.29, 1.82) is 0 Å². The number of aromatic nitrogens is 1. The highest BCUT2D eigenvalue weighted by Crippen LogP contribution is 2.22. The van der Waals surface area contributed by atoms with E-state index in [-0.39, 0.29) is 24.1 Å². The number of carbonyl (C=O) groups is 2. The van der Waals surface area contributed by atoms with Crippen LogP contribution >= 0.6 is 0 Å². The van der Waals surface area contributed by atoms with E-state index in [4.69, 9.17) is 0 Å². The Balaban J connectivity index is 2.12. The second kappa shape index (κ2) is 7.77. The first-order valence-electron chi connectivity index (χ1n) is 7.74. The molecule has 0 radical (unpaired) electrons. The van der Waals surface area contributed by atoms with Gasteiger partial charge in [0.2, 0.25) is 0 Å². The van der Waals surface area contributed by atoms with E-state index in [0.717, 1.165) is 5.69 Å². The van der Waals surface area contributed by atoms with Gasteiger partial charge in [0.25, 0.3) is 5.91 Å². The summed E-state index contributed by atoms with van der Waals surface area (Å²) >= 11 is 0. The van der Waals surface area contributed by atoms with Crippen LogP contribution in [0.4, 0.5) is 4.39 Å². The fraction of sp³-hybridized carbons (Fsp3) is 0.333. The minimum atomic E-state index is -0.343. The Kier molecular flexibility index (Phi) is 5.73. The number of ether oxygens (including phenoxy) is 1. The van der Waals surface area contributed by atoms with Crippen molar-refractivity contribution < 1.29 is 18.7 Å². The molecule has 0 saturated carbocycles. The van der Waals surface area contributed by atoms with Crippen molar-refractivity contribution >= 4 is 11.9 Å². The van der Waals surface area contributed by atoms with Gasteiger partial charge in [-0.2, -0.15) is 0 Å². The lowest BCUT2D eigenvalue weighted by Crippen LogP contribution is -2.25. The maximum Gasteiger partial charge on any atom is 0.305 e. The third-order valence-corrected chi connectivity index (χ3v) is 3.84. The van der Waals surface area contributed by atoms with E-state index in [2.05, 4.69) is 10.1 Å². The molecule has 2 aromatic rings. The molecule has 1 amide bonds. The quantitative estimate of drug-likeness (QED) is 0.653. The van der Waals surface area contributed by atoms with Gasteiger partial charge >= 0.3 is 5.97 Å². The van der Waals surface area contributed by atoms with Crippen molar-refractivity contribution in [2.45, 2.75) is 26.7 Å². The number of methoxy groups -OCH3 is 1. The zero-order valence-corrected chi connectivity index (χ0v) is 14.1. The minimum absolute atomic E-state index is 0.240. The lowest BCUT2D eigenvalue weighted by molar-refractivity contribution is -0.140. The molecule has 1 N–H and O–H groups in total. The Labute approximate surface area is 140 Å². The molecule has 2 rings (SSSR count). The molecule has 1 aromatic heterocycles. The van der Waals surface area contributed by atoms with Gasteiger partial charge in [0.1, 0.15) is 5.82 Å². The number of amides is 1. The second-order valence-electron chi connectivity index (χ2n) is 5.51. The minimum Gasteiger partial charge on any atom is -0.469 e. The van der Waals surface area contributed by atoms with E-state index in [1.165, 1.54) is 13.2 Å². The Morgan fingerprint density at radius 3 is 2.62 bits per heavy atom. The highest BCUT2D eigenvalue weighted by molar-refractivity contribution is 5.95. The second-order valence-corrected chi connectivity index (χ2v) is 5.51. The van der Waals surface area contributed by atoms with Gasteiger partial charge in [-0.25, -0.2) is 4.39 Å². The van der Waals surface area contributed by atoms with Crippen molar-refractivity contribution in [3.05, 3.63) is 53.1 Å². The Hall–Kier alpha value is -2.63. The predicted molar refractivity (Wildman–Crippen MR) is 88.8 cm³/mol. The molecule has 0 bridgehead atoms. The molecule has 1 aromatic carbocycles. The highest BCUT2D eigenvalue weighted by atomic mass is 19.1. The molecule has 0 unspecified atom stereocenters. The van der Waals surface area contributed by atoms with Crippen LogP contribution in [0.1, 0.15) is 34.6 Å². The molecule has 0 fully saturated rings. The summed E-state index contributed by atoms with van der Waals surface area (Å²) in [5.41, 5.74) is 2.35. The van der Waals surface area contributed by atoms with E-state index in [1.54, 1.807) is 35.8 Å². The summed E-state index contributed by atoms with van der Waals surface area (Å²) in [6, 6.07) is 8.18. The van der Waals surface area contributed by atoms with Gasteiger partial charge in [-0.3, -0.25) is 9.59 Å². The molecule has 1 heterocycles. The fourth-order valence-corrected chi connectivity index (χ4v) is 2.63. The van der Waals surface area contributed by atoms with Gasteiger partial charge in [-0.15, -0.1) is 0 Å². The van der Waals surface area contributed by atoms with Gasteiger partial charge in [0.05, 0.1) is 18.4 Å². The van der Waals surface area contributed by atoms with E-state index < -0.39 is 0 Å². The van der Waals surface area contributed by atoms with Crippen LogP contribution in [0.2, 0.25) is 0 Å². The van der Waals surface area contributed by atoms with Gasteiger partial charge in [0.15, 0.2) is 0 Å². The largest absolute Gasteiger partial charge is 0.469 e. The standard InChI is InChI=1S/C18H21FN2O3/c1-12-11-14(18(23)20-10-6-9-17(22)24-3)13(2)21(12)16-8-5-4-7-15(16)19/h4-5,7-8,11H,6,9-10H2,1-3H3,(H,20,23). The molecule has 0 saturated heterocycles. The van der Waals surface area contributed by atoms with Crippen LogP contribution in [0.3, 0.4) is 0 Å². The molecule has 6 heteroatoms. The molecule has 0 atom stereocenters. The van der Waals surface area contributed by atoms with Crippen LogP contribution in [-0.4, -0.2) is 30.1 Å². The lowest BCUT2D eigenvalue weighted by atomic mass is 10.2. The number of para-hydroxylation sites is 1. The van der Waals surface area contributed by atoms with Crippen LogP contribution in [0.15, 0.2) is 30.3 Å². The maximum absolute atomic E-state index is 14.0. The van der Waals surface area contributed by atoms with E-state index in [1.807, 2.05) is 6.92 Å². The molecule has 0 spiro atoms. The zero-order chi connectivity index (χ0) is 17.7. The fourth-order valence-electron chi connectivity index (χ4n) is 2.63. The summed E-state index contributed by atoms with van der Waals surface area (Å²) in [6.07, 6.45) is 0.759. The zero-order valence-electron chi connectivity index (χ0n) is 14.1. The number of hydrogen-bond acceptors (Lipinski definition) is 3. The van der Waals surface area contributed by atoms with Gasteiger partial charge < -0.3 is 14.6 Å². The average molecular weight is 332 g/mol. The summed E-state index contributed by atoms with van der Waals surface area (Å²) < 4.78 is 20.3. The number of nitrogens with zero attached hydrogens (tertiary/aromatic N) is 1. The monoisotopic (exact) mass is 332 g/mol. The number of hydrogen-bond donors (Lipinski definition) is 1. The van der Waals surface area contributed by atoms with Crippen LogP contribution in [0.25, 0.3) is 5.69 Å². The van der Waals surface area contributed by atoms with Gasteiger partial charge in [-0.05, 0) is 38.5 Å². The Morgan fingerprint density at radius 1 is 1.25 bits per heavy atom. The van der Waals surface area contributed by atoms with Crippen molar-refractivity contribution in [2.75, 3.05) is 13.7 Å². The summed E-state index contributed by atoms with van der Waals surface area (Å²) in [6.45, 7) is 3.98. The number of nitrogens with one attached hydrogen (secondary N) is 1. The number of rotatable bonds is 6. The highest BCUT2D eigenvalue weighted by Gasteiger charge is 2.18. The number of benzene rings is 1. The molecule has 0 aliphatic heterocycles. The predicted octanol–water partition coefficient (Wildman–Crippen LogP) is 2.92. The topological polar surface area (TPSA) is 60.3 Å². The Bertz CT molecular complexity index is 753. The van der Waals surface area contributed by atoms with Gasteiger partial charge in [-0.1, -0.05) is 12.1 Å². The molecule has 128 valence electrons. The van der Waals surface area contributed by atoms with Crippen molar-refractivity contribution in [2.24, 2.45) is 0 Å². The number of aryl methyl sites for hydroxylation is 1. The lowest BCUT2D eigenvalue weighted by Gasteiger charge is -2.11. The number of esters is 1. The van der Waals surface area contributed by atoms with Crippen LogP contribution in [0, 0.1) is 19.7 Å². The van der Waals surface area contributed by atoms with Crippen molar-refractivity contribution in [3.8, 4) is 5.69 Å². The van der Waals surface area contributed by atoms with Crippen molar-refractivity contribution in [3.63, 3.8) is 0 Å². The first-order chi connectivity index (χ1) is 11.5. The maximum atomic E-state index is 14.0. The normalized spacial score (nSPS) is 10.5. The van der Waals surface area contributed by atoms with E-state index in [0.29, 0.717) is 29.9 Å². The first-order valence-corrected chi connectivity index (χ1v) is 7.74. The van der Waals surface area contributed by atoms with E-state index >= 15 is 0 Å². The average Bonchev–Trinajstić information content (AvgIpc) is 2.86. The number of carbonyl (C=O) groups excluding carboxylic acids is 2. The molecule has 0 aliphatic rings. The summed E-state index contributed by atoms with van der Waals surface area (Å²) in [5.74, 6) is -0.887. The molecular formula is C18H21FN2O3. The number of halogens is 1. The first kappa shape index (κ1) is 17.7. The van der Waals surface area contributed by atoms with Crippen LogP contribution in [-0.2, 0) is 9.53 Å². The summed E-state index contributed by atoms with van der Waals surface area (Å²) in [4.78, 5) is 23.4. The molecule has 5 nitrogen and oxygen atoms in total. The van der Waals surface area contributed by atoms with Crippen LogP contribution < -0.4 is 5.32 Å². The molecule has 24 heavy (non-hydrogen) atoms. The molecular weight excluding hydrogens is 311 g/mol. The third-order valence-electron chi connectivity index (χ3n) is 3.84. The van der Waals surface area contributed by atoms with E-state index in [9.17, 15) is 14.0 Å². The van der Waals surface area contributed by atoms with Crippen molar-refractivity contribution in [1.82, 2.24) is 9.88 Å². The SMILES string of the molecule is COC(=O)CCCNC(=O)c1cc(C)n(-c2ccccc2F)c1C. The smallest absolute Gasteiger partial charge is 0.305 e.